The number of amides is 2. The van der Waals surface area contributed by atoms with Gasteiger partial charge in [-0.3, -0.25) is 14.5 Å². The number of rotatable bonds is 10. The summed E-state index contributed by atoms with van der Waals surface area (Å²) in [6.45, 7) is 7.47. The van der Waals surface area contributed by atoms with Gasteiger partial charge in [0.25, 0.3) is 0 Å². The summed E-state index contributed by atoms with van der Waals surface area (Å²) in [6, 6.07) is 16.0. The molecule has 45 heavy (non-hydrogen) atoms. The highest BCUT2D eigenvalue weighted by Gasteiger charge is 2.61. The van der Waals surface area contributed by atoms with Crippen molar-refractivity contribution in [1.29, 1.82) is 0 Å². The number of benzene rings is 2. The van der Waals surface area contributed by atoms with Gasteiger partial charge in [0.1, 0.15) is 29.2 Å². The Labute approximate surface area is 263 Å². The highest BCUT2D eigenvalue weighted by atomic mass is 16.5. The van der Waals surface area contributed by atoms with Crippen LogP contribution < -0.4 is 14.8 Å². The fourth-order valence-corrected chi connectivity index (χ4v) is 6.73. The van der Waals surface area contributed by atoms with Crippen LogP contribution in [0, 0.1) is 5.92 Å². The molecule has 10 nitrogen and oxygen atoms in total. The fraction of sp³-hybridized carbons (Fsp3) is 0.429. The number of piperidine rings is 1. The van der Waals surface area contributed by atoms with Gasteiger partial charge in [0.15, 0.2) is 0 Å². The molecule has 5 atom stereocenters. The van der Waals surface area contributed by atoms with Crippen LogP contribution in [-0.4, -0.2) is 88.1 Å². The number of likely N-dealkylation sites (tertiary alicyclic amines) is 2. The first-order valence-corrected chi connectivity index (χ1v) is 15.7. The molecule has 1 saturated carbocycles. The summed E-state index contributed by atoms with van der Waals surface area (Å²) in [5, 5.41) is 13.5. The van der Waals surface area contributed by atoms with Crippen LogP contribution in [0.2, 0.25) is 0 Å². The number of aromatic nitrogens is 1. The number of nitrogens with zero attached hydrogens (tertiary/aromatic N) is 3. The molecule has 236 valence electrons. The zero-order chi connectivity index (χ0) is 31.7. The van der Waals surface area contributed by atoms with E-state index in [0.29, 0.717) is 17.0 Å². The molecule has 0 spiro atoms. The van der Waals surface area contributed by atoms with Gasteiger partial charge in [-0.2, -0.15) is 0 Å². The van der Waals surface area contributed by atoms with Crippen molar-refractivity contribution in [2.75, 3.05) is 26.7 Å². The van der Waals surface area contributed by atoms with Gasteiger partial charge >= 0.3 is 5.97 Å². The second-order valence-corrected chi connectivity index (χ2v) is 12.3. The Morgan fingerprint density at radius 2 is 1.87 bits per heavy atom. The number of carboxylic acids is 1. The van der Waals surface area contributed by atoms with Crippen LogP contribution in [0.15, 0.2) is 67.3 Å². The molecule has 2 N–H and O–H groups in total. The molecule has 3 aliphatic rings. The first-order valence-electron chi connectivity index (χ1n) is 15.7. The Bertz CT molecular complexity index is 1610. The van der Waals surface area contributed by atoms with E-state index in [2.05, 4.69) is 16.8 Å². The van der Waals surface area contributed by atoms with E-state index in [-0.39, 0.29) is 31.2 Å². The van der Waals surface area contributed by atoms with E-state index in [9.17, 15) is 19.5 Å². The molecule has 3 fully saturated rings. The largest absolute Gasteiger partial charge is 0.497 e. The maximum absolute atomic E-state index is 14.0. The fourth-order valence-electron chi connectivity index (χ4n) is 6.73. The number of carbonyl (C=O) groups is 3. The van der Waals surface area contributed by atoms with Crippen molar-refractivity contribution in [3.05, 3.63) is 67.3 Å². The third-order valence-corrected chi connectivity index (χ3v) is 9.51. The average Bonchev–Trinajstić information content (AvgIpc) is 3.64. The number of carboxylic acid groups (broad SMARTS) is 1. The first-order chi connectivity index (χ1) is 21.7. The minimum absolute atomic E-state index is 0.155. The second-order valence-electron chi connectivity index (χ2n) is 12.3. The summed E-state index contributed by atoms with van der Waals surface area (Å²) in [5.74, 6) is -0.852. The monoisotopic (exact) mass is 612 g/mol. The maximum Gasteiger partial charge on any atom is 0.330 e. The van der Waals surface area contributed by atoms with Crippen molar-refractivity contribution in [1.82, 2.24) is 20.1 Å². The standard InChI is InChI=1S/C35H40N4O6/c1-4-24-20-35(24,34(42)43)37-32(40)30-18-26(21-39(30)33(41)22(2)38-15-9-6-10-16-38)45-31-19-28(23-11-7-5-8-12-23)36-29-17-25(44-3)13-14-27(29)31/h4-5,7-8,11-14,17,19,22,24,26,30H,1,6,9-10,15-16,18,20-21H2,2-3H3,(H,37,40)(H,42,43)/t22-,24?,26+,30-,35?/m0/s1. The molecule has 6 rings (SSSR count). The maximum atomic E-state index is 14.0. The molecule has 0 bridgehead atoms. The number of methoxy groups -OCH3 is 1. The third-order valence-electron chi connectivity index (χ3n) is 9.51. The van der Waals surface area contributed by atoms with Crippen LogP contribution in [0.3, 0.4) is 0 Å². The number of hydrogen-bond acceptors (Lipinski definition) is 7. The van der Waals surface area contributed by atoms with Crippen LogP contribution in [0.1, 0.15) is 39.0 Å². The zero-order valence-corrected chi connectivity index (χ0v) is 25.8. The first kappa shape index (κ1) is 30.6. The van der Waals surface area contributed by atoms with E-state index in [4.69, 9.17) is 14.5 Å². The summed E-state index contributed by atoms with van der Waals surface area (Å²) in [6.07, 6.45) is 4.74. The Morgan fingerprint density at radius 1 is 1.11 bits per heavy atom. The van der Waals surface area contributed by atoms with Gasteiger partial charge in [0.2, 0.25) is 11.8 Å². The quantitative estimate of drug-likeness (QED) is 0.326. The van der Waals surface area contributed by atoms with Crippen LogP contribution in [-0.2, 0) is 14.4 Å². The van der Waals surface area contributed by atoms with E-state index >= 15 is 0 Å². The van der Waals surface area contributed by atoms with Crippen molar-refractivity contribution < 1.29 is 29.0 Å². The Morgan fingerprint density at radius 3 is 2.53 bits per heavy atom. The molecule has 3 heterocycles. The highest BCUT2D eigenvalue weighted by molar-refractivity contribution is 5.95. The molecule has 1 aliphatic carbocycles. The lowest BCUT2D eigenvalue weighted by Crippen LogP contribution is -2.56. The van der Waals surface area contributed by atoms with Crippen molar-refractivity contribution in [2.45, 2.75) is 62.8 Å². The van der Waals surface area contributed by atoms with Gasteiger partial charge in [-0.25, -0.2) is 9.78 Å². The Hall–Kier alpha value is -4.44. The van der Waals surface area contributed by atoms with E-state index in [1.54, 1.807) is 18.1 Å². The average molecular weight is 613 g/mol. The molecule has 2 unspecified atom stereocenters. The van der Waals surface area contributed by atoms with Crippen molar-refractivity contribution in [2.24, 2.45) is 5.92 Å². The number of hydrogen-bond donors (Lipinski definition) is 2. The van der Waals surface area contributed by atoms with Crippen LogP contribution in [0.4, 0.5) is 0 Å². The molecule has 1 aromatic heterocycles. The van der Waals surface area contributed by atoms with Crippen molar-refractivity contribution >= 4 is 28.7 Å². The van der Waals surface area contributed by atoms with Gasteiger partial charge < -0.3 is 24.8 Å². The van der Waals surface area contributed by atoms with E-state index in [0.717, 1.165) is 49.0 Å². The lowest BCUT2D eigenvalue weighted by molar-refractivity contribution is -0.146. The minimum atomic E-state index is -1.39. The van der Waals surface area contributed by atoms with Crippen LogP contribution in [0.5, 0.6) is 11.5 Å². The number of nitrogens with one attached hydrogen (secondary N) is 1. The number of carbonyl (C=O) groups excluding carboxylic acids is 2. The molecule has 2 amide bonds. The van der Waals surface area contributed by atoms with Crippen LogP contribution >= 0.6 is 0 Å². The summed E-state index contributed by atoms with van der Waals surface area (Å²) in [5.41, 5.74) is 0.939. The third kappa shape index (κ3) is 5.99. The molecule has 2 aliphatic heterocycles. The van der Waals surface area contributed by atoms with Gasteiger partial charge in [-0.1, -0.05) is 42.8 Å². The molecule has 10 heteroatoms. The highest BCUT2D eigenvalue weighted by Crippen LogP contribution is 2.45. The summed E-state index contributed by atoms with van der Waals surface area (Å²) in [4.78, 5) is 48.6. The zero-order valence-electron chi connectivity index (χ0n) is 25.8. The molecular weight excluding hydrogens is 572 g/mol. The molecule has 2 saturated heterocycles. The van der Waals surface area contributed by atoms with E-state index in [1.807, 2.05) is 61.5 Å². The Balaban J connectivity index is 1.31. The van der Waals surface area contributed by atoms with E-state index < -0.39 is 35.6 Å². The number of aliphatic carboxylic acids is 1. The molecular formula is C35H40N4O6. The Kier molecular flexibility index (Phi) is 8.50. The summed E-state index contributed by atoms with van der Waals surface area (Å²) < 4.78 is 12.1. The van der Waals surface area contributed by atoms with Gasteiger partial charge in [0, 0.05) is 35.4 Å². The van der Waals surface area contributed by atoms with Crippen molar-refractivity contribution in [3.8, 4) is 22.8 Å². The topological polar surface area (TPSA) is 121 Å². The predicted octanol–water partition coefficient (Wildman–Crippen LogP) is 4.28. The predicted molar refractivity (Wildman–Crippen MR) is 170 cm³/mol. The second kappa shape index (κ2) is 12.5. The number of pyridine rings is 1. The summed E-state index contributed by atoms with van der Waals surface area (Å²) >= 11 is 0. The lowest BCUT2D eigenvalue weighted by atomic mass is 10.1. The summed E-state index contributed by atoms with van der Waals surface area (Å²) in [7, 11) is 1.60. The molecule has 3 aromatic rings. The number of fused-ring (bicyclic) bond motifs is 1. The molecule has 2 aromatic carbocycles. The normalized spacial score (nSPS) is 25.4. The number of ether oxygens (including phenoxy) is 2. The van der Waals surface area contributed by atoms with Crippen LogP contribution in [0.25, 0.3) is 22.2 Å². The smallest absolute Gasteiger partial charge is 0.330 e. The molecule has 0 radical (unpaired) electrons. The van der Waals surface area contributed by atoms with E-state index in [1.165, 1.54) is 0 Å². The van der Waals surface area contributed by atoms with Gasteiger partial charge in [-0.05, 0) is 51.4 Å². The van der Waals surface area contributed by atoms with Gasteiger partial charge in [0.05, 0.1) is 30.9 Å². The minimum Gasteiger partial charge on any atom is -0.497 e. The lowest BCUT2D eigenvalue weighted by Gasteiger charge is -2.35. The van der Waals surface area contributed by atoms with Gasteiger partial charge in [-0.15, -0.1) is 6.58 Å². The SMILES string of the molecule is C=CC1CC1(NC(=O)[C@@H]1C[C@@H](Oc2cc(-c3ccccc3)nc3cc(OC)ccc23)CN1C(=O)[C@H](C)N1CCCCC1)C(=O)O. The van der Waals surface area contributed by atoms with Crippen molar-refractivity contribution in [3.63, 3.8) is 0 Å².